The minimum absolute atomic E-state index is 0.149. The van der Waals surface area contributed by atoms with Gasteiger partial charge in [0.25, 0.3) is 0 Å². The molecule has 0 spiro atoms. The first-order chi connectivity index (χ1) is 6.03. The highest BCUT2D eigenvalue weighted by Crippen LogP contribution is 3.02. The molecule has 1 aromatic carbocycles. The van der Waals surface area contributed by atoms with Gasteiger partial charge in [0.2, 0.25) is 0 Å². The molecular formula is C7H7F5OS. The summed E-state index contributed by atoms with van der Waals surface area (Å²) in [6.07, 6.45) is 0. The van der Waals surface area contributed by atoms with Crippen LogP contribution < -0.4 is 0 Å². The lowest BCUT2D eigenvalue weighted by molar-refractivity contribution is 0.281. The second kappa shape index (κ2) is 2.40. The van der Waals surface area contributed by atoms with Crippen LogP contribution >= 0.6 is 10.2 Å². The van der Waals surface area contributed by atoms with Crippen molar-refractivity contribution in [1.82, 2.24) is 0 Å². The van der Waals surface area contributed by atoms with Crippen LogP contribution in [-0.4, -0.2) is 5.11 Å². The fourth-order valence-corrected chi connectivity index (χ4v) is 1.50. The first-order valence-electron chi connectivity index (χ1n) is 3.47. The van der Waals surface area contributed by atoms with Gasteiger partial charge >= 0.3 is 10.2 Å². The van der Waals surface area contributed by atoms with E-state index < -0.39 is 21.7 Å². The van der Waals surface area contributed by atoms with E-state index in [4.69, 9.17) is 5.11 Å². The van der Waals surface area contributed by atoms with Crippen LogP contribution in [-0.2, 0) is 6.61 Å². The van der Waals surface area contributed by atoms with Crippen molar-refractivity contribution >= 4 is 10.2 Å². The quantitative estimate of drug-likeness (QED) is 0.771. The Kier molecular flexibility index (Phi) is 1.93. The molecule has 14 heavy (non-hydrogen) atoms. The number of aliphatic hydroxyl groups excluding tert-OH is 1. The highest BCUT2D eigenvalue weighted by Gasteiger charge is 2.65. The molecule has 0 saturated heterocycles. The van der Waals surface area contributed by atoms with Crippen molar-refractivity contribution in [3.63, 3.8) is 0 Å². The SMILES string of the molecule is OCc1ccc(S(F)(F)(F)(F)F)cc1. The Bertz CT molecular complexity index is 339. The molecule has 1 N–H and O–H groups in total. The summed E-state index contributed by atoms with van der Waals surface area (Å²) in [6.45, 7) is -0.486. The molecule has 0 aliphatic heterocycles. The minimum Gasteiger partial charge on any atom is -0.392 e. The van der Waals surface area contributed by atoms with Gasteiger partial charge < -0.3 is 5.11 Å². The lowest BCUT2D eigenvalue weighted by Gasteiger charge is -2.40. The van der Waals surface area contributed by atoms with Gasteiger partial charge in [0.05, 0.1) is 6.61 Å². The van der Waals surface area contributed by atoms with Crippen LogP contribution in [0.4, 0.5) is 19.4 Å². The van der Waals surface area contributed by atoms with Crippen LogP contribution in [0.2, 0.25) is 0 Å². The molecule has 82 valence electrons. The molecule has 0 aromatic heterocycles. The van der Waals surface area contributed by atoms with E-state index >= 15 is 0 Å². The average Bonchev–Trinajstić information content (AvgIpc) is 2.01. The third kappa shape index (κ3) is 2.58. The molecule has 0 amide bonds. The third-order valence-electron chi connectivity index (χ3n) is 1.55. The smallest absolute Gasteiger partial charge is 0.310 e. The van der Waals surface area contributed by atoms with E-state index in [0.29, 0.717) is 0 Å². The van der Waals surface area contributed by atoms with Gasteiger partial charge in [-0.1, -0.05) is 31.6 Å². The van der Waals surface area contributed by atoms with Crippen LogP contribution in [0, 0.1) is 0 Å². The van der Waals surface area contributed by atoms with Crippen molar-refractivity contribution in [3.8, 4) is 0 Å². The zero-order chi connectivity index (χ0) is 11.1. The van der Waals surface area contributed by atoms with E-state index in [1.807, 2.05) is 0 Å². The summed E-state index contributed by atoms with van der Waals surface area (Å²) >= 11 is 0. The lowest BCUT2D eigenvalue weighted by Crippen LogP contribution is -2.05. The van der Waals surface area contributed by atoms with Gasteiger partial charge in [0, 0.05) is 0 Å². The average molecular weight is 234 g/mol. The van der Waals surface area contributed by atoms with E-state index in [9.17, 15) is 19.4 Å². The number of aliphatic hydroxyl groups is 1. The van der Waals surface area contributed by atoms with Gasteiger partial charge in [0.15, 0.2) is 0 Å². The predicted molar refractivity (Wildman–Crippen MR) is 43.8 cm³/mol. The van der Waals surface area contributed by atoms with Gasteiger partial charge in [-0.15, -0.1) is 0 Å². The number of benzene rings is 1. The molecule has 7 heteroatoms. The molecule has 1 aromatic rings. The Labute approximate surface area is 76.9 Å². The molecule has 0 aliphatic carbocycles. The highest BCUT2D eigenvalue weighted by molar-refractivity contribution is 8.45. The second-order valence-electron chi connectivity index (χ2n) is 2.77. The highest BCUT2D eigenvalue weighted by atomic mass is 32.5. The van der Waals surface area contributed by atoms with Crippen molar-refractivity contribution in [2.24, 2.45) is 0 Å². The fourth-order valence-electron chi connectivity index (χ4n) is 0.852. The van der Waals surface area contributed by atoms with Crippen LogP contribution in [0.1, 0.15) is 5.56 Å². The first kappa shape index (κ1) is 11.3. The number of hydrogen-bond donors (Lipinski definition) is 1. The summed E-state index contributed by atoms with van der Waals surface area (Å²) in [5.41, 5.74) is 0.149. The van der Waals surface area contributed by atoms with Gasteiger partial charge in [0.1, 0.15) is 4.90 Å². The molecule has 0 saturated carbocycles. The number of halogens is 5. The van der Waals surface area contributed by atoms with E-state index in [-0.39, 0.29) is 17.7 Å². The standard InChI is InChI=1S/C7H7F5OS/c8-14(9,10,11,12)7-3-1-6(5-13)2-4-7/h1-4,13H,5H2. The molecule has 0 fully saturated rings. The third-order valence-corrected chi connectivity index (χ3v) is 2.71. The summed E-state index contributed by atoms with van der Waals surface area (Å²) in [6, 6.07) is 2.17. The summed E-state index contributed by atoms with van der Waals surface area (Å²) in [5.74, 6) is 0. The Hall–Kier alpha value is -0.820. The Morgan fingerprint density at radius 2 is 1.36 bits per heavy atom. The van der Waals surface area contributed by atoms with Crippen molar-refractivity contribution < 1.29 is 24.5 Å². The van der Waals surface area contributed by atoms with Crippen molar-refractivity contribution in [3.05, 3.63) is 29.8 Å². The molecular weight excluding hydrogens is 227 g/mol. The van der Waals surface area contributed by atoms with Crippen LogP contribution in [0.3, 0.4) is 0 Å². The second-order valence-corrected chi connectivity index (χ2v) is 5.18. The van der Waals surface area contributed by atoms with E-state index in [2.05, 4.69) is 0 Å². The predicted octanol–water partition coefficient (Wildman–Crippen LogP) is 3.84. The zero-order valence-electron chi connectivity index (χ0n) is 6.76. The minimum atomic E-state index is -9.55. The molecule has 0 bridgehead atoms. The maximum Gasteiger partial charge on any atom is 0.310 e. The van der Waals surface area contributed by atoms with Crippen LogP contribution in [0.25, 0.3) is 0 Å². The molecule has 0 aliphatic rings. The molecule has 1 nitrogen and oxygen atoms in total. The van der Waals surface area contributed by atoms with E-state index in [0.717, 1.165) is 12.1 Å². The summed E-state index contributed by atoms with van der Waals surface area (Å²) in [7, 11) is -9.55. The fraction of sp³-hybridized carbons (Fsp3) is 0.143. The van der Waals surface area contributed by atoms with Crippen LogP contribution in [0.5, 0.6) is 0 Å². The summed E-state index contributed by atoms with van der Waals surface area (Å²) < 4.78 is 60.6. The van der Waals surface area contributed by atoms with Gasteiger partial charge in [-0.2, -0.15) is 0 Å². The van der Waals surface area contributed by atoms with E-state index in [1.54, 1.807) is 0 Å². The lowest BCUT2D eigenvalue weighted by atomic mass is 10.2. The summed E-state index contributed by atoms with van der Waals surface area (Å²) in [5, 5.41) is 8.50. The normalized spacial score (nSPS) is 17.3. The largest absolute Gasteiger partial charge is 0.392 e. The zero-order valence-corrected chi connectivity index (χ0v) is 7.58. The van der Waals surface area contributed by atoms with Crippen molar-refractivity contribution in [2.75, 3.05) is 0 Å². The van der Waals surface area contributed by atoms with Gasteiger partial charge in [-0.3, -0.25) is 0 Å². The van der Waals surface area contributed by atoms with Crippen molar-refractivity contribution in [2.45, 2.75) is 11.5 Å². The molecule has 0 atom stereocenters. The maximum atomic E-state index is 12.1. The van der Waals surface area contributed by atoms with Gasteiger partial charge in [-0.25, -0.2) is 0 Å². The molecule has 0 heterocycles. The molecule has 0 radical (unpaired) electrons. The van der Waals surface area contributed by atoms with Crippen LogP contribution in [0.15, 0.2) is 29.2 Å². The summed E-state index contributed by atoms with van der Waals surface area (Å²) in [4.78, 5) is -1.94. The van der Waals surface area contributed by atoms with E-state index in [1.165, 1.54) is 0 Å². The van der Waals surface area contributed by atoms with Crippen molar-refractivity contribution in [1.29, 1.82) is 0 Å². The Morgan fingerprint density at radius 3 is 1.64 bits per heavy atom. The monoisotopic (exact) mass is 234 g/mol. The van der Waals surface area contributed by atoms with Gasteiger partial charge in [-0.05, 0) is 17.7 Å². The Morgan fingerprint density at radius 1 is 0.929 bits per heavy atom. The number of rotatable bonds is 2. The molecule has 1 rings (SSSR count). The first-order valence-corrected chi connectivity index (χ1v) is 5.42. The molecule has 0 unspecified atom stereocenters. The topological polar surface area (TPSA) is 20.2 Å². The maximum absolute atomic E-state index is 12.1. The number of hydrogen-bond acceptors (Lipinski definition) is 1. The Balaban J connectivity index is 3.24.